The van der Waals surface area contributed by atoms with Crippen LogP contribution >= 0.6 is 0 Å². The summed E-state index contributed by atoms with van der Waals surface area (Å²) in [6, 6.07) is 3.22. The van der Waals surface area contributed by atoms with E-state index in [1.807, 2.05) is 0 Å². The van der Waals surface area contributed by atoms with Crippen molar-refractivity contribution in [2.24, 2.45) is 0 Å². The van der Waals surface area contributed by atoms with E-state index < -0.39 is 0 Å². The maximum Gasteiger partial charge on any atom is 0.325 e. The molecule has 0 unspecified atom stereocenters. The second-order valence-electron chi connectivity index (χ2n) is 4.14. The number of anilines is 1. The van der Waals surface area contributed by atoms with Gasteiger partial charge < -0.3 is 14.5 Å². The Morgan fingerprint density at radius 2 is 1.89 bits per heavy atom. The Bertz CT molecular complexity index is 445. The summed E-state index contributed by atoms with van der Waals surface area (Å²) in [6.45, 7) is 2.18. The zero-order valence-corrected chi connectivity index (χ0v) is 11.6. The minimum Gasteiger partial charge on any atom is -0.465 e. The van der Waals surface area contributed by atoms with Crippen molar-refractivity contribution >= 4 is 17.7 Å². The first-order valence-electron chi connectivity index (χ1n) is 5.87. The molecule has 1 aromatic heterocycles. The molecule has 0 fully saturated rings. The van der Waals surface area contributed by atoms with Crippen molar-refractivity contribution in [2.45, 2.75) is 6.92 Å². The highest BCUT2D eigenvalue weighted by Crippen LogP contribution is 2.08. The molecule has 7 heteroatoms. The average Bonchev–Trinajstić information content (AvgIpc) is 2.38. The third kappa shape index (κ3) is 4.20. The molecule has 1 amide bonds. The number of rotatable bonds is 5. The third-order valence-corrected chi connectivity index (χ3v) is 2.34. The monoisotopic (exact) mass is 266 g/mol. The van der Waals surface area contributed by atoms with E-state index >= 15 is 0 Å². The molecular formula is C12H18N4O3. The number of hydrogen-bond donors (Lipinski definition) is 0. The fourth-order valence-electron chi connectivity index (χ4n) is 1.35. The van der Waals surface area contributed by atoms with Gasteiger partial charge in [0.1, 0.15) is 6.54 Å². The molecule has 19 heavy (non-hydrogen) atoms. The molecule has 0 atom stereocenters. The zero-order chi connectivity index (χ0) is 14.4. The highest BCUT2D eigenvalue weighted by atomic mass is 16.5. The van der Waals surface area contributed by atoms with Gasteiger partial charge in [0, 0.05) is 21.1 Å². The average molecular weight is 266 g/mol. The van der Waals surface area contributed by atoms with Crippen LogP contribution in [0.15, 0.2) is 12.1 Å². The van der Waals surface area contributed by atoms with Crippen LogP contribution in [0.3, 0.4) is 0 Å². The number of aromatic nitrogens is 2. The van der Waals surface area contributed by atoms with E-state index in [0.29, 0.717) is 12.4 Å². The van der Waals surface area contributed by atoms with Crippen LogP contribution in [0.5, 0.6) is 0 Å². The summed E-state index contributed by atoms with van der Waals surface area (Å²) in [4.78, 5) is 26.0. The maximum atomic E-state index is 11.6. The van der Waals surface area contributed by atoms with Crippen molar-refractivity contribution in [3.05, 3.63) is 17.8 Å². The molecule has 0 aliphatic carbocycles. The lowest BCUT2D eigenvalue weighted by atomic mass is 10.3. The van der Waals surface area contributed by atoms with Gasteiger partial charge in [0.15, 0.2) is 11.5 Å². The van der Waals surface area contributed by atoms with Crippen molar-refractivity contribution in [2.75, 3.05) is 39.2 Å². The number of nitrogens with zero attached hydrogens (tertiary/aromatic N) is 4. The van der Waals surface area contributed by atoms with E-state index in [1.54, 1.807) is 45.1 Å². The molecule has 0 aliphatic heterocycles. The van der Waals surface area contributed by atoms with Gasteiger partial charge in [-0.05, 0) is 19.1 Å². The quantitative estimate of drug-likeness (QED) is 0.708. The van der Waals surface area contributed by atoms with Gasteiger partial charge in [0.05, 0.1) is 6.61 Å². The molecule has 0 spiro atoms. The van der Waals surface area contributed by atoms with Gasteiger partial charge in [-0.25, -0.2) is 0 Å². The highest BCUT2D eigenvalue weighted by molar-refractivity contribution is 5.91. The normalized spacial score (nSPS) is 9.89. The molecule has 0 bridgehead atoms. The Labute approximate surface area is 112 Å². The molecule has 0 saturated heterocycles. The van der Waals surface area contributed by atoms with Gasteiger partial charge in [0.25, 0.3) is 5.91 Å². The SMILES string of the molecule is CCOC(=O)CN(C)c1ccc(C(=O)N(C)C)nn1. The van der Waals surface area contributed by atoms with Crippen molar-refractivity contribution in [3.63, 3.8) is 0 Å². The summed E-state index contributed by atoms with van der Waals surface area (Å²) in [7, 11) is 4.99. The van der Waals surface area contributed by atoms with E-state index in [1.165, 1.54) is 4.90 Å². The zero-order valence-electron chi connectivity index (χ0n) is 11.6. The van der Waals surface area contributed by atoms with E-state index in [2.05, 4.69) is 10.2 Å². The second-order valence-corrected chi connectivity index (χ2v) is 4.14. The van der Waals surface area contributed by atoms with Crippen LogP contribution in [0.25, 0.3) is 0 Å². The molecule has 7 nitrogen and oxygen atoms in total. The number of amides is 1. The highest BCUT2D eigenvalue weighted by Gasteiger charge is 2.13. The fraction of sp³-hybridized carbons (Fsp3) is 0.500. The first-order valence-corrected chi connectivity index (χ1v) is 5.87. The molecule has 0 N–H and O–H groups in total. The van der Waals surface area contributed by atoms with Gasteiger partial charge >= 0.3 is 5.97 Å². The summed E-state index contributed by atoms with van der Waals surface area (Å²) >= 11 is 0. The smallest absolute Gasteiger partial charge is 0.325 e. The molecule has 1 heterocycles. The molecule has 1 aromatic rings. The fourth-order valence-corrected chi connectivity index (χ4v) is 1.35. The first-order chi connectivity index (χ1) is 8.95. The molecule has 1 rings (SSSR count). The molecule has 104 valence electrons. The summed E-state index contributed by atoms with van der Waals surface area (Å²) < 4.78 is 4.84. The Morgan fingerprint density at radius 3 is 2.37 bits per heavy atom. The molecule has 0 aliphatic rings. The standard InChI is InChI=1S/C12H18N4O3/c1-5-19-11(17)8-16(4)10-7-6-9(13-14-10)12(18)15(2)3/h6-7H,5,8H2,1-4H3. The molecule has 0 saturated carbocycles. The van der Waals surface area contributed by atoms with Gasteiger partial charge in [-0.2, -0.15) is 0 Å². The molecular weight excluding hydrogens is 248 g/mol. The molecule has 0 aromatic carbocycles. The minimum absolute atomic E-state index is 0.0868. The van der Waals surface area contributed by atoms with E-state index in [9.17, 15) is 9.59 Å². The van der Waals surface area contributed by atoms with Crippen molar-refractivity contribution < 1.29 is 14.3 Å². The Morgan fingerprint density at radius 1 is 1.21 bits per heavy atom. The lowest BCUT2D eigenvalue weighted by molar-refractivity contribution is -0.141. The van der Waals surface area contributed by atoms with E-state index in [-0.39, 0.29) is 24.1 Å². The number of esters is 1. The number of carbonyl (C=O) groups excluding carboxylic acids is 2. The Balaban J connectivity index is 2.70. The van der Waals surface area contributed by atoms with Crippen LogP contribution in [0.4, 0.5) is 5.82 Å². The summed E-state index contributed by atoms with van der Waals surface area (Å²) in [5.41, 5.74) is 0.262. The van der Waals surface area contributed by atoms with Crippen molar-refractivity contribution in [1.82, 2.24) is 15.1 Å². The lowest BCUT2D eigenvalue weighted by Crippen LogP contribution is -2.28. The lowest BCUT2D eigenvalue weighted by Gasteiger charge is -2.16. The number of carbonyl (C=O) groups is 2. The van der Waals surface area contributed by atoms with Crippen molar-refractivity contribution in [3.8, 4) is 0 Å². The summed E-state index contributed by atoms with van der Waals surface area (Å²) in [6.07, 6.45) is 0. The summed E-state index contributed by atoms with van der Waals surface area (Å²) in [5.74, 6) is -0.0456. The number of likely N-dealkylation sites (N-methyl/N-ethyl adjacent to an activating group) is 1. The predicted molar refractivity (Wildman–Crippen MR) is 70.0 cm³/mol. The van der Waals surface area contributed by atoms with Crippen LogP contribution in [0.2, 0.25) is 0 Å². The van der Waals surface area contributed by atoms with Crippen LogP contribution in [0, 0.1) is 0 Å². The second kappa shape index (κ2) is 6.67. The van der Waals surface area contributed by atoms with Gasteiger partial charge in [-0.1, -0.05) is 0 Å². The van der Waals surface area contributed by atoms with E-state index in [4.69, 9.17) is 4.74 Å². The number of hydrogen-bond acceptors (Lipinski definition) is 6. The van der Waals surface area contributed by atoms with Crippen LogP contribution in [-0.2, 0) is 9.53 Å². The predicted octanol–water partition coefficient (Wildman–Crippen LogP) is 0.178. The van der Waals surface area contributed by atoms with Crippen molar-refractivity contribution in [1.29, 1.82) is 0 Å². The van der Waals surface area contributed by atoms with Gasteiger partial charge in [-0.3, -0.25) is 9.59 Å². The third-order valence-electron chi connectivity index (χ3n) is 2.34. The van der Waals surface area contributed by atoms with E-state index in [0.717, 1.165) is 0 Å². The van der Waals surface area contributed by atoms with Gasteiger partial charge in [0.2, 0.25) is 0 Å². The van der Waals surface area contributed by atoms with Crippen LogP contribution in [-0.4, -0.2) is 61.3 Å². The Kier molecular flexibility index (Phi) is 5.23. The first kappa shape index (κ1) is 14.9. The Hall–Kier alpha value is -2.18. The van der Waals surface area contributed by atoms with Gasteiger partial charge in [-0.15, -0.1) is 10.2 Å². The summed E-state index contributed by atoms with van der Waals surface area (Å²) in [5, 5.41) is 7.76. The topological polar surface area (TPSA) is 75.6 Å². The minimum atomic E-state index is -0.333. The number of ether oxygens (including phenoxy) is 1. The maximum absolute atomic E-state index is 11.6. The largest absolute Gasteiger partial charge is 0.465 e. The molecule has 0 radical (unpaired) electrons. The van der Waals surface area contributed by atoms with Crippen LogP contribution in [0.1, 0.15) is 17.4 Å². The van der Waals surface area contributed by atoms with Crippen LogP contribution < -0.4 is 4.90 Å².